The lowest BCUT2D eigenvalue weighted by molar-refractivity contribution is 1.18. The SMILES string of the molecule is Cc1cnc2ccc(Nc3ccccc3)cc2n1. The fraction of sp³-hybridized carbons (Fsp3) is 0.0667. The second-order valence-corrected chi connectivity index (χ2v) is 4.21. The zero-order valence-corrected chi connectivity index (χ0v) is 10.1. The Hall–Kier alpha value is -2.42. The molecule has 0 aliphatic carbocycles. The third kappa shape index (κ3) is 2.15. The van der Waals surface area contributed by atoms with E-state index in [1.165, 1.54) is 0 Å². The van der Waals surface area contributed by atoms with E-state index in [4.69, 9.17) is 0 Å². The van der Waals surface area contributed by atoms with Gasteiger partial charge >= 0.3 is 0 Å². The van der Waals surface area contributed by atoms with Crippen LogP contribution in [-0.2, 0) is 0 Å². The molecule has 1 N–H and O–H groups in total. The molecule has 0 amide bonds. The third-order valence-electron chi connectivity index (χ3n) is 2.73. The van der Waals surface area contributed by atoms with Gasteiger partial charge in [0.1, 0.15) is 0 Å². The van der Waals surface area contributed by atoms with Crippen molar-refractivity contribution in [1.82, 2.24) is 9.97 Å². The highest BCUT2D eigenvalue weighted by Gasteiger charge is 1.99. The summed E-state index contributed by atoms with van der Waals surface area (Å²) in [5, 5.41) is 3.35. The monoisotopic (exact) mass is 235 g/mol. The summed E-state index contributed by atoms with van der Waals surface area (Å²) in [7, 11) is 0. The maximum absolute atomic E-state index is 4.48. The lowest BCUT2D eigenvalue weighted by atomic mass is 10.2. The number of fused-ring (bicyclic) bond motifs is 1. The van der Waals surface area contributed by atoms with Crippen molar-refractivity contribution in [2.45, 2.75) is 6.92 Å². The van der Waals surface area contributed by atoms with E-state index in [1.54, 1.807) is 6.20 Å². The van der Waals surface area contributed by atoms with Gasteiger partial charge in [-0.15, -0.1) is 0 Å². The van der Waals surface area contributed by atoms with Gasteiger partial charge in [-0.05, 0) is 37.3 Å². The molecule has 0 atom stereocenters. The molecule has 0 aliphatic heterocycles. The number of para-hydroxylation sites is 1. The van der Waals surface area contributed by atoms with Crippen LogP contribution < -0.4 is 5.32 Å². The zero-order valence-electron chi connectivity index (χ0n) is 10.1. The van der Waals surface area contributed by atoms with E-state index in [9.17, 15) is 0 Å². The fourth-order valence-electron chi connectivity index (χ4n) is 1.87. The number of nitrogens with one attached hydrogen (secondary N) is 1. The summed E-state index contributed by atoms with van der Waals surface area (Å²) in [4.78, 5) is 8.81. The first-order valence-corrected chi connectivity index (χ1v) is 5.87. The molecule has 0 aliphatic rings. The third-order valence-corrected chi connectivity index (χ3v) is 2.73. The predicted octanol–water partition coefficient (Wildman–Crippen LogP) is 3.68. The first kappa shape index (κ1) is 10.7. The number of aryl methyl sites for hydroxylation is 1. The van der Waals surface area contributed by atoms with E-state index in [-0.39, 0.29) is 0 Å². The Kier molecular flexibility index (Phi) is 2.65. The topological polar surface area (TPSA) is 37.8 Å². The second-order valence-electron chi connectivity index (χ2n) is 4.21. The molecule has 1 heterocycles. The average Bonchev–Trinajstić information content (AvgIpc) is 2.39. The minimum absolute atomic E-state index is 0.913. The minimum Gasteiger partial charge on any atom is -0.355 e. The molecule has 0 radical (unpaired) electrons. The van der Waals surface area contributed by atoms with E-state index >= 15 is 0 Å². The normalized spacial score (nSPS) is 10.5. The molecule has 3 rings (SSSR count). The molecule has 0 unspecified atom stereocenters. The largest absolute Gasteiger partial charge is 0.355 e. The average molecular weight is 235 g/mol. The number of nitrogens with zero attached hydrogens (tertiary/aromatic N) is 2. The summed E-state index contributed by atoms with van der Waals surface area (Å²) in [6, 6.07) is 16.1. The maximum atomic E-state index is 4.48. The second kappa shape index (κ2) is 4.45. The van der Waals surface area contributed by atoms with Crippen LogP contribution in [0.15, 0.2) is 54.7 Å². The summed E-state index contributed by atoms with van der Waals surface area (Å²) in [6.45, 7) is 1.95. The number of anilines is 2. The molecule has 3 aromatic rings. The van der Waals surface area contributed by atoms with Gasteiger partial charge < -0.3 is 5.32 Å². The van der Waals surface area contributed by atoms with E-state index in [0.29, 0.717) is 0 Å². The van der Waals surface area contributed by atoms with E-state index in [1.807, 2.05) is 55.5 Å². The minimum atomic E-state index is 0.913. The van der Waals surface area contributed by atoms with Crippen molar-refractivity contribution >= 4 is 22.4 Å². The molecule has 0 saturated heterocycles. The van der Waals surface area contributed by atoms with Crippen LogP contribution >= 0.6 is 0 Å². The Morgan fingerprint density at radius 1 is 0.889 bits per heavy atom. The van der Waals surface area contributed by atoms with Gasteiger partial charge in [0.2, 0.25) is 0 Å². The molecule has 3 heteroatoms. The molecule has 88 valence electrons. The van der Waals surface area contributed by atoms with Crippen LogP contribution in [0.5, 0.6) is 0 Å². The molecule has 0 spiro atoms. The van der Waals surface area contributed by atoms with Crippen LogP contribution in [0.25, 0.3) is 11.0 Å². The van der Waals surface area contributed by atoms with Gasteiger partial charge in [0, 0.05) is 17.6 Å². The Morgan fingerprint density at radius 2 is 1.72 bits per heavy atom. The number of benzene rings is 2. The highest BCUT2D eigenvalue weighted by atomic mass is 14.9. The summed E-state index contributed by atoms with van der Waals surface area (Å²) >= 11 is 0. The number of rotatable bonds is 2. The van der Waals surface area contributed by atoms with Crippen LogP contribution in [0, 0.1) is 6.92 Å². The predicted molar refractivity (Wildman–Crippen MR) is 74.0 cm³/mol. The molecule has 1 aromatic heterocycles. The Balaban J connectivity index is 1.98. The molecule has 3 nitrogen and oxygen atoms in total. The fourth-order valence-corrected chi connectivity index (χ4v) is 1.87. The smallest absolute Gasteiger partial charge is 0.0910 e. The summed E-state index contributed by atoms with van der Waals surface area (Å²) in [6.07, 6.45) is 1.78. The molecule has 0 bridgehead atoms. The van der Waals surface area contributed by atoms with Gasteiger partial charge in [0.25, 0.3) is 0 Å². The van der Waals surface area contributed by atoms with Crippen molar-refractivity contribution in [1.29, 1.82) is 0 Å². The maximum Gasteiger partial charge on any atom is 0.0910 e. The van der Waals surface area contributed by atoms with Crippen molar-refractivity contribution in [2.24, 2.45) is 0 Å². The zero-order chi connectivity index (χ0) is 12.4. The first-order valence-electron chi connectivity index (χ1n) is 5.87. The molecule has 18 heavy (non-hydrogen) atoms. The molecule has 0 fully saturated rings. The number of aromatic nitrogens is 2. The highest BCUT2D eigenvalue weighted by molar-refractivity contribution is 5.79. The standard InChI is InChI=1S/C15H13N3/c1-11-10-16-14-8-7-13(9-15(14)17-11)18-12-5-3-2-4-6-12/h2-10,18H,1H3. The lowest BCUT2D eigenvalue weighted by Crippen LogP contribution is -1.92. The van der Waals surface area contributed by atoms with E-state index < -0.39 is 0 Å². The first-order chi connectivity index (χ1) is 8.81. The van der Waals surface area contributed by atoms with Crippen molar-refractivity contribution in [3.63, 3.8) is 0 Å². The summed E-state index contributed by atoms with van der Waals surface area (Å²) in [5.41, 5.74) is 4.85. The molecular formula is C15H13N3. The molecule has 0 saturated carbocycles. The van der Waals surface area contributed by atoms with Crippen molar-refractivity contribution in [2.75, 3.05) is 5.32 Å². The van der Waals surface area contributed by atoms with Gasteiger partial charge in [0.15, 0.2) is 0 Å². The quantitative estimate of drug-likeness (QED) is 0.736. The molecular weight excluding hydrogens is 222 g/mol. The van der Waals surface area contributed by atoms with Crippen LogP contribution in [0.1, 0.15) is 5.69 Å². The van der Waals surface area contributed by atoms with Gasteiger partial charge in [-0.1, -0.05) is 18.2 Å². The number of hydrogen-bond donors (Lipinski definition) is 1. The lowest BCUT2D eigenvalue weighted by Gasteiger charge is -2.07. The molecule has 2 aromatic carbocycles. The van der Waals surface area contributed by atoms with Crippen LogP contribution in [0.4, 0.5) is 11.4 Å². The van der Waals surface area contributed by atoms with Gasteiger partial charge in [-0.2, -0.15) is 0 Å². The number of hydrogen-bond acceptors (Lipinski definition) is 3. The Bertz CT molecular complexity index is 678. The van der Waals surface area contributed by atoms with Gasteiger partial charge in [-0.25, -0.2) is 4.98 Å². The van der Waals surface area contributed by atoms with Crippen molar-refractivity contribution < 1.29 is 0 Å². The van der Waals surface area contributed by atoms with E-state index in [2.05, 4.69) is 15.3 Å². The highest BCUT2D eigenvalue weighted by Crippen LogP contribution is 2.20. The van der Waals surface area contributed by atoms with E-state index in [0.717, 1.165) is 28.1 Å². The Labute approximate surface area is 106 Å². The van der Waals surface area contributed by atoms with Crippen LogP contribution in [0.3, 0.4) is 0 Å². The van der Waals surface area contributed by atoms with Gasteiger partial charge in [-0.3, -0.25) is 4.98 Å². The van der Waals surface area contributed by atoms with Crippen molar-refractivity contribution in [3.8, 4) is 0 Å². The summed E-state index contributed by atoms with van der Waals surface area (Å²) < 4.78 is 0. The van der Waals surface area contributed by atoms with Crippen molar-refractivity contribution in [3.05, 3.63) is 60.4 Å². The van der Waals surface area contributed by atoms with Gasteiger partial charge in [0.05, 0.1) is 16.7 Å². The van der Waals surface area contributed by atoms with Crippen LogP contribution in [0.2, 0.25) is 0 Å². The Morgan fingerprint density at radius 3 is 2.56 bits per heavy atom. The van der Waals surface area contributed by atoms with Crippen LogP contribution in [-0.4, -0.2) is 9.97 Å². The summed E-state index contributed by atoms with van der Waals surface area (Å²) in [5.74, 6) is 0.